The van der Waals surface area contributed by atoms with E-state index in [9.17, 15) is 50.8 Å². The van der Waals surface area contributed by atoms with E-state index in [1.54, 1.807) is 24.3 Å². The fourth-order valence-electron chi connectivity index (χ4n) is 11.3. The molecule has 15 heteroatoms. The maximum Gasteiger partial charge on any atom is 0.186 e. The van der Waals surface area contributed by atoms with Crippen molar-refractivity contribution in [2.45, 2.75) is 205 Å². The van der Waals surface area contributed by atoms with E-state index in [0.717, 1.165) is 65.7 Å². The Labute approximate surface area is 435 Å². The number of hydrogen-bond acceptors (Lipinski definition) is 15. The van der Waals surface area contributed by atoms with Gasteiger partial charge < -0.3 is 69.6 Å². The van der Waals surface area contributed by atoms with Gasteiger partial charge in [0.05, 0.1) is 31.5 Å². The van der Waals surface area contributed by atoms with Crippen LogP contribution >= 0.6 is 0 Å². The minimum atomic E-state index is -1.70. The highest BCUT2D eigenvalue weighted by Gasteiger charge is 2.48. The number of phenolic OH excluding ortho intramolecular Hbond substituents is 3. The minimum Gasteiger partial charge on any atom is -0.507 e. The maximum absolute atomic E-state index is 13.3. The van der Waals surface area contributed by atoms with Gasteiger partial charge in [0.1, 0.15) is 65.6 Å². The standard InChI is InChI=1S/C59H80O15/c1-31(2)12-9-13-32(3)14-10-15-33(4)16-11-21-59(22-19-41-36(7)50(63)34(5)35(6)57(41)74-59)23-20-46-51(64)55(68)56(69)58(73-46)71-30-48-53(66)54(67)52(65)47(72-48)26-37-24-40-27-39(29-44(62)49(40)43(61)25-37)38-17-18-45(70-8)42(60)28-38/h12,14,16-18,24-25,28,39,46-48,51-56,58,60-61,63-69H,9-11,13,15,19-23,26-27,29-30H2,1-8H3. The van der Waals surface area contributed by atoms with Crippen molar-refractivity contribution in [2.75, 3.05) is 13.7 Å². The van der Waals surface area contributed by atoms with Crippen LogP contribution in [0.15, 0.2) is 65.3 Å². The van der Waals surface area contributed by atoms with E-state index < -0.39 is 73.4 Å². The van der Waals surface area contributed by atoms with Crippen molar-refractivity contribution in [2.24, 2.45) is 0 Å². The molecule has 0 amide bonds. The molecule has 0 aromatic heterocycles. The number of fused-ring (bicyclic) bond motifs is 2. The molecule has 0 spiro atoms. The number of methoxy groups -OCH3 is 1. The molecule has 15 nitrogen and oxygen atoms in total. The van der Waals surface area contributed by atoms with Gasteiger partial charge in [0, 0.05) is 18.4 Å². The predicted octanol–water partition coefficient (Wildman–Crippen LogP) is 7.61. The van der Waals surface area contributed by atoms with Crippen LogP contribution in [0.3, 0.4) is 0 Å². The zero-order chi connectivity index (χ0) is 53.8. The number of aromatic hydroxyl groups is 3. The van der Waals surface area contributed by atoms with Gasteiger partial charge in [-0.05, 0) is 177 Å². The Balaban J connectivity index is 1.01. The third-order valence-electron chi connectivity index (χ3n) is 16.0. The van der Waals surface area contributed by atoms with E-state index in [4.69, 9.17) is 23.7 Å². The fraction of sp³-hybridized carbons (Fsp3) is 0.576. The Morgan fingerprint density at radius 1 is 0.716 bits per heavy atom. The summed E-state index contributed by atoms with van der Waals surface area (Å²) in [6.45, 7) is 13.8. The van der Waals surface area contributed by atoms with Crippen LogP contribution in [0.4, 0.5) is 0 Å². The van der Waals surface area contributed by atoms with Gasteiger partial charge in [-0.3, -0.25) is 4.79 Å². The summed E-state index contributed by atoms with van der Waals surface area (Å²) in [5, 5.41) is 99.4. The second-order valence-electron chi connectivity index (χ2n) is 21.7. The Bertz CT molecular complexity index is 2560. The van der Waals surface area contributed by atoms with Gasteiger partial charge in [-0.25, -0.2) is 0 Å². The Hall–Kier alpha value is -4.81. The first-order valence-corrected chi connectivity index (χ1v) is 26.3. The van der Waals surface area contributed by atoms with Crippen LogP contribution < -0.4 is 9.47 Å². The quantitative estimate of drug-likeness (QED) is 0.0525. The van der Waals surface area contributed by atoms with Crippen molar-refractivity contribution in [1.82, 2.24) is 0 Å². The number of Topliss-reactive ketones (excluding diaryl/α,β-unsaturated/α-hetero) is 1. The molecule has 0 saturated carbocycles. The molecule has 0 radical (unpaired) electrons. The number of carbonyl (C=O) groups is 1. The van der Waals surface area contributed by atoms with Crippen molar-refractivity contribution in [1.29, 1.82) is 0 Å². The molecule has 0 bridgehead atoms. The molecule has 3 heterocycles. The van der Waals surface area contributed by atoms with Crippen molar-refractivity contribution < 1.29 is 74.4 Å². The van der Waals surface area contributed by atoms with E-state index >= 15 is 0 Å². The lowest BCUT2D eigenvalue weighted by Crippen LogP contribution is -2.61. The van der Waals surface area contributed by atoms with Gasteiger partial charge in [-0.15, -0.1) is 0 Å². The molecule has 3 aliphatic heterocycles. The third kappa shape index (κ3) is 12.9. The summed E-state index contributed by atoms with van der Waals surface area (Å²) >= 11 is 0. The highest BCUT2D eigenvalue weighted by molar-refractivity contribution is 6.01. The third-order valence-corrected chi connectivity index (χ3v) is 16.0. The lowest BCUT2D eigenvalue weighted by molar-refractivity contribution is -0.312. The zero-order valence-electron chi connectivity index (χ0n) is 44.3. The van der Waals surface area contributed by atoms with Gasteiger partial charge in [0.25, 0.3) is 0 Å². The number of rotatable bonds is 19. The second-order valence-corrected chi connectivity index (χ2v) is 21.7. The summed E-state index contributed by atoms with van der Waals surface area (Å²) in [6, 6.07) is 8.12. The first kappa shape index (κ1) is 56.9. The van der Waals surface area contributed by atoms with E-state index in [-0.39, 0.29) is 53.8 Å². The predicted molar refractivity (Wildman–Crippen MR) is 279 cm³/mol. The lowest BCUT2D eigenvalue weighted by atomic mass is 9.78. The molecular weight excluding hydrogens is 949 g/mol. The number of hydrogen-bond donors (Lipinski definition) is 9. The fourth-order valence-corrected chi connectivity index (χ4v) is 11.3. The Morgan fingerprint density at radius 2 is 1.38 bits per heavy atom. The number of ketones is 1. The summed E-state index contributed by atoms with van der Waals surface area (Å²) in [4.78, 5) is 13.3. The number of allylic oxidation sites excluding steroid dienone is 6. The van der Waals surface area contributed by atoms with Crippen molar-refractivity contribution in [3.05, 3.63) is 110 Å². The lowest BCUT2D eigenvalue weighted by Gasteiger charge is -2.45. The monoisotopic (exact) mass is 1030 g/mol. The van der Waals surface area contributed by atoms with Gasteiger partial charge in [-0.2, -0.15) is 0 Å². The highest BCUT2D eigenvalue weighted by atomic mass is 16.7. The summed E-state index contributed by atoms with van der Waals surface area (Å²) in [5.41, 5.74) is 8.61. The average Bonchev–Trinajstić information content (AvgIpc) is 3.36. The van der Waals surface area contributed by atoms with E-state index in [2.05, 4.69) is 45.9 Å². The van der Waals surface area contributed by atoms with Gasteiger partial charge in [-0.1, -0.05) is 47.1 Å². The molecule has 74 heavy (non-hydrogen) atoms. The summed E-state index contributed by atoms with van der Waals surface area (Å²) in [5.74, 6) is 0.442. The van der Waals surface area contributed by atoms with Crippen LogP contribution in [0.25, 0.3) is 0 Å². The molecule has 2 fully saturated rings. The summed E-state index contributed by atoms with van der Waals surface area (Å²) in [6.07, 6.45) is -0.0479. The molecule has 406 valence electrons. The number of aliphatic hydroxyl groups excluding tert-OH is 6. The number of phenols is 3. The van der Waals surface area contributed by atoms with Gasteiger partial charge in [0.15, 0.2) is 23.6 Å². The normalized spacial score (nSPS) is 29.3. The van der Waals surface area contributed by atoms with Crippen molar-refractivity contribution >= 4 is 5.78 Å². The van der Waals surface area contributed by atoms with E-state index in [1.807, 2.05) is 20.8 Å². The average molecular weight is 1030 g/mol. The summed E-state index contributed by atoms with van der Waals surface area (Å²) in [7, 11) is 1.44. The first-order chi connectivity index (χ1) is 35.1. The van der Waals surface area contributed by atoms with Crippen LogP contribution in [-0.2, 0) is 33.5 Å². The molecule has 3 aromatic carbocycles. The van der Waals surface area contributed by atoms with Crippen LogP contribution in [0.5, 0.6) is 28.7 Å². The molecule has 4 aliphatic rings. The van der Waals surface area contributed by atoms with E-state index in [0.29, 0.717) is 49.0 Å². The number of benzene rings is 3. The Kier molecular flexibility index (Phi) is 18.8. The maximum atomic E-state index is 13.3. The molecule has 9 N–H and O–H groups in total. The first-order valence-electron chi connectivity index (χ1n) is 26.3. The van der Waals surface area contributed by atoms with Gasteiger partial charge >= 0.3 is 0 Å². The van der Waals surface area contributed by atoms with Crippen LogP contribution in [0.2, 0.25) is 0 Å². The van der Waals surface area contributed by atoms with Crippen LogP contribution in [-0.4, -0.2) is 132 Å². The molecule has 12 atom stereocenters. The molecule has 7 rings (SSSR count). The van der Waals surface area contributed by atoms with Crippen LogP contribution in [0.1, 0.15) is 147 Å². The minimum absolute atomic E-state index is 0.0440. The summed E-state index contributed by atoms with van der Waals surface area (Å²) < 4.78 is 30.6. The second kappa shape index (κ2) is 24.5. The highest BCUT2D eigenvalue weighted by Crippen LogP contribution is 2.47. The van der Waals surface area contributed by atoms with Gasteiger partial charge in [0.2, 0.25) is 0 Å². The number of aliphatic hydroxyl groups is 6. The largest absolute Gasteiger partial charge is 0.507 e. The van der Waals surface area contributed by atoms with Crippen molar-refractivity contribution in [3.63, 3.8) is 0 Å². The zero-order valence-corrected chi connectivity index (χ0v) is 44.3. The Morgan fingerprint density at radius 3 is 2.07 bits per heavy atom. The molecule has 12 unspecified atom stereocenters. The smallest absolute Gasteiger partial charge is 0.186 e. The van der Waals surface area contributed by atoms with Crippen LogP contribution in [0, 0.1) is 20.8 Å². The number of ether oxygens (including phenoxy) is 5. The topological polar surface area (TPSA) is 245 Å². The SMILES string of the molecule is COc1ccc(C2CC(=O)c3c(O)cc(CC4OC(COC5OC(CCC6(CCC=C(C)CCC=C(C)CCC=C(C)C)CCc7c(C)c(O)c(C)c(C)c7O6)C(O)C(O)C5O)C(O)C(O)C4O)cc3C2)cc1O. The molecule has 1 aliphatic carbocycles. The molecular formula is C59H80O15. The van der Waals surface area contributed by atoms with E-state index in [1.165, 1.54) is 29.9 Å². The molecule has 3 aromatic rings. The van der Waals surface area contributed by atoms with Crippen molar-refractivity contribution in [3.8, 4) is 28.7 Å². The molecule has 2 saturated heterocycles. The number of carbonyl (C=O) groups excluding carboxylic acids is 1.